The molecule has 5 heteroatoms. The lowest BCUT2D eigenvalue weighted by atomic mass is 9.94. The van der Waals surface area contributed by atoms with Crippen molar-refractivity contribution < 1.29 is 9.90 Å². The Kier molecular flexibility index (Phi) is 6.45. The molecule has 2 N–H and O–H groups in total. The van der Waals surface area contributed by atoms with Gasteiger partial charge in [-0.1, -0.05) is 0 Å². The molecule has 102 valence electrons. The van der Waals surface area contributed by atoms with Crippen molar-refractivity contribution in [3.8, 4) is 0 Å². The van der Waals surface area contributed by atoms with Crippen LogP contribution in [-0.2, 0) is 4.79 Å². The van der Waals surface area contributed by atoms with E-state index in [9.17, 15) is 4.79 Å². The van der Waals surface area contributed by atoms with Crippen molar-refractivity contribution in [3.63, 3.8) is 0 Å². The molecule has 0 saturated carbocycles. The van der Waals surface area contributed by atoms with E-state index in [0.717, 1.165) is 0 Å². The number of hydrogen-bond acceptors (Lipinski definition) is 3. The van der Waals surface area contributed by atoms with E-state index in [0.29, 0.717) is 19.0 Å². The summed E-state index contributed by atoms with van der Waals surface area (Å²) in [6, 6.07) is 0. The summed E-state index contributed by atoms with van der Waals surface area (Å²) in [6.07, 6.45) is 0. The van der Waals surface area contributed by atoms with Gasteiger partial charge in [0.1, 0.15) is 0 Å². The van der Waals surface area contributed by atoms with E-state index >= 15 is 0 Å². The molecular weight excluding hydrogens is 240 g/mol. The maximum Gasteiger partial charge on any atom is 0.226 e. The summed E-state index contributed by atoms with van der Waals surface area (Å²) in [5.74, 6) is 0.254. The van der Waals surface area contributed by atoms with Gasteiger partial charge in [-0.15, -0.1) is 11.6 Å². The molecule has 0 radical (unpaired) electrons. The molecule has 0 fully saturated rings. The number of likely N-dealkylation sites (N-methyl/N-ethyl adjacent to an activating group) is 1. The summed E-state index contributed by atoms with van der Waals surface area (Å²) in [4.78, 5) is 13.9. The first-order valence-corrected chi connectivity index (χ1v) is 6.37. The Hall–Kier alpha value is -0.320. The molecule has 0 heterocycles. The zero-order valence-corrected chi connectivity index (χ0v) is 12.3. The average Bonchev–Trinajstić information content (AvgIpc) is 2.26. The maximum absolute atomic E-state index is 11.9. The van der Waals surface area contributed by atoms with Crippen molar-refractivity contribution in [2.45, 2.75) is 33.2 Å². The van der Waals surface area contributed by atoms with Gasteiger partial charge >= 0.3 is 0 Å². The van der Waals surface area contributed by atoms with Crippen molar-refractivity contribution in [3.05, 3.63) is 0 Å². The second-order valence-electron chi connectivity index (χ2n) is 5.66. The van der Waals surface area contributed by atoms with Crippen molar-refractivity contribution >= 4 is 17.5 Å². The number of rotatable bonds is 7. The highest BCUT2D eigenvalue weighted by molar-refractivity contribution is 6.19. The Morgan fingerprint density at radius 2 is 1.88 bits per heavy atom. The molecule has 17 heavy (non-hydrogen) atoms. The third-order valence-electron chi connectivity index (χ3n) is 3.10. The normalized spacial score (nSPS) is 12.9. The summed E-state index contributed by atoms with van der Waals surface area (Å²) < 4.78 is 0. The van der Waals surface area contributed by atoms with Gasteiger partial charge in [-0.25, -0.2) is 0 Å². The number of aliphatic hydroxyl groups excluding tert-OH is 1. The number of hydrogen-bond donors (Lipinski definition) is 2. The lowest BCUT2D eigenvalue weighted by Crippen LogP contribution is -2.52. The summed E-state index contributed by atoms with van der Waals surface area (Å²) in [5.41, 5.74) is -0.742. The van der Waals surface area contributed by atoms with Crippen LogP contribution in [-0.4, -0.2) is 54.1 Å². The van der Waals surface area contributed by atoms with Crippen LogP contribution in [0, 0.1) is 5.41 Å². The smallest absolute Gasteiger partial charge is 0.226 e. The highest BCUT2D eigenvalue weighted by atomic mass is 35.5. The van der Waals surface area contributed by atoms with E-state index < -0.39 is 5.41 Å². The first kappa shape index (κ1) is 16.7. The fourth-order valence-corrected chi connectivity index (χ4v) is 1.31. The molecule has 0 atom stereocenters. The summed E-state index contributed by atoms with van der Waals surface area (Å²) in [5, 5.41) is 11.8. The van der Waals surface area contributed by atoms with Crippen molar-refractivity contribution in [2.24, 2.45) is 5.41 Å². The monoisotopic (exact) mass is 264 g/mol. The Bertz CT molecular complexity index is 255. The van der Waals surface area contributed by atoms with Crippen LogP contribution in [0.1, 0.15) is 27.7 Å². The van der Waals surface area contributed by atoms with Crippen LogP contribution in [0.4, 0.5) is 0 Å². The fourth-order valence-electron chi connectivity index (χ4n) is 1.18. The quantitative estimate of drug-likeness (QED) is 0.677. The third-order valence-corrected chi connectivity index (χ3v) is 3.77. The molecule has 0 rings (SSSR count). The molecule has 0 aliphatic carbocycles. The Balaban J connectivity index is 4.32. The van der Waals surface area contributed by atoms with Gasteiger partial charge in [0.2, 0.25) is 5.91 Å². The van der Waals surface area contributed by atoms with Gasteiger partial charge in [-0.2, -0.15) is 0 Å². The van der Waals surface area contributed by atoms with Crippen LogP contribution in [0.25, 0.3) is 0 Å². The Morgan fingerprint density at radius 3 is 2.29 bits per heavy atom. The number of amides is 1. The van der Waals surface area contributed by atoms with Gasteiger partial charge < -0.3 is 10.4 Å². The first-order chi connectivity index (χ1) is 7.67. The molecule has 0 saturated heterocycles. The van der Waals surface area contributed by atoms with Gasteiger partial charge in [0, 0.05) is 24.5 Å². The van der Waals surface area contributed by atoms with Gasteiger partial charge in [-0.05, 0) is 34.7 Å². The lowest BCUT2D eigenvalue weighted by molar-refractivity contribution is -0.128. The minimum absolute atomic E-state index is 0.0435. The predicted octanol–water partition coefficient (Wildman–Crippen LogP) is 1.07. The molecule has 1 amide bonds. The van der Waals surface area contributed by atoms with Crippen LogP contribution >= 0.6 is 11.6 Å². The summed E-state index contributed by atoms with van der Waals surface area (Å²) in [7, 11) is 1.93. The Labute approximate surface area is 109 Å². The molecule has 0 spiro atoms. The van der Waals surface area contributed by atoms with Crippen LogP contribution in [0.3, 0.4) is 0 Å². The van der Waals surface area contributed by atoms with Crippen molar-refractivity contribution in [2.75, 3.05) is 32.6 Å². The highest BCUT2D eigenvalue weighted by Gasteiger charge is 2.29. The SMILES string of the molecule is CN(CCO)C(C)(C)CNC(=O)C(C)(C)CCl. The second-order valence-corrected chi connectivity index (χ2v) is 5.93. The molecule has 0 aliphatic rings. The topological polar surface area (TPSA) is 52.6 Å². The van der Waals surface area contributed by atoms with E-state index in [1.807, 2.05) is 39.6 Å². The number of nitrogens with one attached hydrogen (secondary N) is 1. The molecule has 0 bridgehead atoms. The minimum Gasteiger partial charge on any atom is -0.395 e. The molecule has 0 aromatic heterocycles. The second kappa shape index (κ2) is 6.57. The number of alkyl halides is 1. The molecule has 0 aromatic carbocycles. The summed E-state index contributed by atoms with van der Waals surface area (Å²) in [6.45, 7) is 8.91. The standard InChI is InChI=1S/C12H25ClN2O2/c1-11(2,8-13)10(17)14-9-12(3,4)15(5)6-7-16/h16H,6-9H2,1-5H3,(H,14,17). The number of carbonyl (C=O) groups is 1. The van der Waals surface area contributed by atoms with E-state index in [-0.39, 0.29) is 18.1 Å². The van der Waals surface area contributed by atoms with Gasteiger partial charge in [-0.3, -0.25) is 9.69 Å². The van der Waals surface area contributed by atoms with Crippen LogP contribution in [0.15, 0.2) is 0 Å². The van der Waals surface area contributed by atoms with E-state index in [1.165, 1.54) is 0 Å². The molecule has 4 nitrogen and oxygen atoms in total. The maximum atomic E-state index is 11.9. The highest BCUT2D eigenvalue weighted by Crippen LogP contribution is 2.18. The number of nitrogens with zero attached hydrogens (tertiary/aromatic N) is 1. The van der Waals surface area contributed by atoms with E-state index in [2.05, 4.69) is 5.32 Å². The predicted molar refractivity (Wildman–Crippen MR) is 71.3 cm³/mol. The Morgan fingerprint density at radius 1 is 1.35 bits per heavy atom. The fraction of sp³-hybridized carbons (Fsp3) is 0.917. The third kappa shape index (κ3) is 5.23. The number of halogens is 1. The molecule has 0 aliphatic heterocycles. The number of aliphatic hydroxyl groups is 1. The van der Waals surface area contributed by atoms with Gasteiger partial charge in [0.25, 0.3) is 0 Å². The van der Waals surface area contributed by atoms with Gasteiger partial charge in [0.05, 0.1) is 12.0 Å². The van der Waals surface area contributed by atoms with Crippen LogP contribution < -0.4 is 5.32 Å². The number of β-amino-alcohol motifs (C(OH)–C–C–N with tert-alkyl or cyclic N) is 1. The zero-order chi connectivity index (χ0) is 13.7. The van der Waals surface area contributed by atoms with Crippen LogP contribution in [0.2, 0.25) is 0 Å². The molecule has 0 aromatic rings. The molecule has 0 unspecified atom stereocenters. The number of carbonyl (C=O) groups excluding carboxylic acids is 1. The minimum atomic E-state index is -0.548. The summed E-state index contributed by atoms with van der Waals surface area (Å²) >= 11 is 5.75. The first-order valence-electron chi connectivity index (χ1n) is 5.84. The molecular formula is C12H25ClN2O2. The van der Waals surface area contributed by atoms with Crippen molar-refractivity contribution in [1.29, 1.82) is 0 Å². The van der Waals surface area contributed by atoms with E-state index in [1.54, 1.807) is 0 Å². The van der Waals surface area contributed by atoms with E-state index in [4.69, 9.17) is 16.7 Å². The largest absolute Gasteiger partial charge is 0.395 e. The lowest BCUT2D eigenvalue weighted by Gasteiger charge is -2.36. The van der Waals surface area contributed by atoms with Crippen LogP contribution in [0.5, 0.6) is 0 Å². The van der Waals surface area contributed by atoms with Gasteiger partial charge in [0.15, 0.2) is 0 Å². The average molecular weight is 265 g/mol. The zero-order valence-electron chi connectivity index (χ0n) is 11.5. The van der Waals surface area contributed by atoms with Crippen molar-refractivity contribution in [1.82, 2.24) is 10.2 Å².